The maximum Gasteiger partial charge on any atom is 0.163 e. The molecule has 0 heterocycles. The Balaban J connectivity index is 2.44. The van der Waals surface area contributed by atoms with Crippen molar-refractivity contribution in [3.63, 3.8) is 0 Å². The van der Waals surface area contributed by atoms with Crippen molar-refractivity contribution in [1.82, 2.24) is 0 Å². The van der Waals surface area contributed by atoms with Gasteiger partial charge in [-0.15, -0.1) is 0 Å². The molecule has 0 spiro atoms. The Labute approximate surface area is 218 Å². The number of carbonyl (C=O) groups excluding carboxylic acids is 2. The summed E-state index contributed by atoms with van der Waals surface area (Å²) in [4.78, 5) is 26.6. The third-order valence-corrected chi connectivity index (χ3v) is 6.67. The molecule has 0 aliphatic heterocycles. The van der Waals surface area contributed by atoms with Crippen molar-refractivity contribution in [2.45, 2.75) is 118 Å². The average molecular weight is 495 g/mol. The number of phenols is 2. The number of carbonyl (C=O) groups is 2. The minimum Gasteiger partial charge on any atom is -0.507 e. The number of Topliss-reactive ketones (excluding diaryl/α,β-unsaturated/α-hetero) is 2. The van der Waals surface area contributed by atoms with Crippen LogP contribution < -0.4 is 0 Å². The van der Waals surface area contributed by atoms with Crippen LogP contribution in [-0.2, 0) is 21.7 Å². The molecule has 0 unspecified atom stereocenters. The van der Waals surface area contributed by atoms with Gasteiger partial charge in [-0.1, -0.05) is 83.1 Å². The first kappa shape index (κ1) is 29.6. The van der Waals surface area contributed by atoms with Gasteiger partial charge in [-0.25, -0.2) is 0 Å². The number of aromatic hydroxyl groups is 2. The van der Waals surface area contributed by atoms with Crippen LogP contribution in [0.5, 0.6) is 11.5 Å². The quantitative estimate of drug-likeness (QED) is 0.411. The molecule has 0 atom stereocenters. The fourth-order valence-electron chi connectivity index (χ4n) is 4.39. The zero-order chi connectivity index (χ0) is 28.0. The normalized spacial score (nSPS) is 13.1. The minimum atomic E-state index is -0.338. The summed E-state index contributed by atoms with van der Waals surface area (Å²) >= 11 is 0. The van der Waals surface area contributed by atoms with Crippen LogP contribution in [-0.4, -0.2) is 21.8 Å². The molecular formula is C32H46O4. The predicted octanol–water partition coefficient (Wildman–Crippen LogP) is 8.13. The summed E-state index contributed by atoms with van der Waals surface area (Å²) in [7, 11) is 0. The van der Waals surface area contributed by atoms with E-state index in [4.69, 9.17) is 0 Å². The highest BCUT2D eigenvalue weighted by Crippen LogP contribution is 2.41. The van der Waals surface area contributed by atoms with E-state index < -0.39 is 0 Å². The van der Waals surface area contributed by atoms with Gasteiger partial charge in [-0.2, -0.15) is 0 Å². The Morgan fingerprint density at radius 1 is 0.500 bits per heavy atom. The molecule has 0 saturated heterocycles. The van der Waals surface area contributed by atoms with Gasteiger partial charge in [0, 0.05) is 46.2 Å². The highest BCUT2D eigenvalue weighted by Gasteiger charge is 2.29. The molecule has 0 radical (unpaired) electrons. The lowest BCUT2D eigenvalue weighted by Crippen LogP contribution is -2.19. The summed E-state index contributed by atoms with van der Waals surface area (Å²) in [5, 5.41) is 21.9. The Kier molecular flexibility index (Phi) is 7.97. The van der Waals surface area contributed by atoms with E-state index in [1.165, 1.54) is 0 Å². The molecule has 0 saturated carbocycles. The maximum absolute atomic E-state index is 13.3. The molecule has 0 aliphatic rings. The molecule has 4 heteroatoms. The van der Waals surface area contributed by atoms with Gasteiger partial charge < -0.3 is 10.2 Å². The first-order valence-electron chi connectivity index (χ1n) is 12.9. The molecule has 0 bridgehead atoms. The fourth-order valence-corrected chi connectivity index (χ4v) is 4.39. The molecule has 0 aliphatic carbocycles. The van der Waals surface area contributed by atoms with Gasteiger partial charge in [0.2, 0.25) is 0 Å². The molecule has 36 heavy (non-hydrogen) atoms. The Hall–Kier alpha value is -2.62. The van der Waals surface area contributed by atoms with E-state index in [9.17, 15) is 19.8 Å². The van der Waals surface area contributed by atoms with E-state index in [-0.39, 0.29) is 57.6 Å². The van der Waals surface area contributed by atoms with Crippen LogP contribution in [0.15, 0.2) is 24.3 Å². The Bertz CT molecular complexity index is 993. The smallest absolute Gasteiger partial charge is 0.163 e. The first-order valence-corrected chi connectivity index (χ1v) is 12.9. The van der Waals surface area contributed by atoms with Gasteiger partial charge in [0.1, 0.15) is 11.5 Å². The third kappa shape index (κ3) is 6.57. The highest BCUT2D eigenvalue weighted by molar-refractivity contribution is 6.03. The van der Waals surface area contributed by atoms with Crippen LogP contribution in [0, 0.1) is 0 Å². The molecule has 0 fully saturated rings. The lowest BCUT2D eigenvalue weighted by atomic mass is 9.77. The van der Waals surface area contributed by atoms with E-state index in [1.54, 1.807) is 24.3 Å². The van der Waals surface area contributed by atoms with Crippen LogP contribution in [0.2, 0.25) is 0 Å². The van der Waals surface area contributed by atoms with Gasteiger partial charge in [0.15, 0.2) is 11.6 Å². The lowest BCUT2D eigenvalue weighted by molar-refractivity contribution is 0.0917. The van der Waals surface area contributed by atoms with E-state index in [0.29, 0.717) is 11.1 Å². The van der Waals surface area contributed by atoms with Crippen molar-refractivity contribution in [3.05, 3.63) is 57.6 Å². The minimum absolute atomic E-state index is 0.0767. The monoisotopic (exact) mass is 494 g/mol. The topological polar surface area (TPSA) is 74.6 Å². The summed E-state index contributed by atoms with van der Waals surface area (Å²) < 4.78 is 0. The third-order valence-electron chi connectivity index (χ3n) is 6.67. The zero-order valence-electron chi connectivity index (χ0n) is 24.4. The van der Waals surface area contributed by atoms with Crippen LogP contribution in [0.1, 0.15) is 139 Å². The zero-order valence-corrected chi connectivity index (χ0v) is 24.4. The van der Waals surface area contributed by atoms with Crippen molar-refractivity contribution in [2.75, 3.05) is 0 Å². The fraction of sp³-hybridized carbons (Fsp3) is 0.562. The SMILES string of the molecule is CC(C)(C)c1cc(C(=O)CCC(=O)c2cc(C(C)(C)C)c(O)c(C(C)(C)C)c2)cc(C(C)(C)C)c1O. The van der Waals surface area contributed by atoms with Crippen molar-refractivity contribution in [2.24, 2.45) is 0 Å². The average Bonchev–Trinajstić information content (AvgIpc) is 2.68. The number of hydrogen-bond acceptors (Lipinski definition) is 4. The second kappa shape index (κ2) is 9.68. The molecule has 2 aromatic carbocycles. The van der Waals surface area contributed by atoms with E-state index in [2.05, 4.69) is 0 Å². The Morgan fingerprint density at radius 2 is 0.694 bits per heavy atom. The van der Waals surface area contributed by atoms with Crippen molar-refractivity contribution in [3.8, 4) is 11.5 Å². The van der Waals surface area contributed by atoms with E-state index in [1.807, 2.05) is 83.1 Å². The van der Waals surface area contributed by atoms with Gasteiger partial charge in [0.25, 0.3) is 0 Å². The predicted molar refractivity (Wildman–Crippen MR) is 149 cm³/mol. The number of benzene rings is 2. The van der Waals surface area contributed by atoms with E-state index in [0.717, 1.165) is 22.3 Å². The highest BCUT2D eigenvalue weighted by atomic mass is 16.3. The second-order valence-corrected chi connectivity index (χ2v) is 14.2. The number of rotatable bonds is 5. The van der Waals surface area contributed by atoms with Crippen LogP contribution in [0.25, 0.3) is 0 Å². The lowest BCUT2D eigenvalue weighted by Gasteiger charge is -2.28. The van der Waals surface area contributed by atoms with E-state index >= 15 is 0 Å². The summed E-state index contributed by atoms with van der Waals surface area (Å²) in [6, 6.07) is 7.08. The van der Waals surface area contributed by atoms with Gasteiger partial charge >= 0.3 is 0 Å². The van der Waals surface area contributed by atoms with Crippen molar-refractivity contribution < 1.29 is 19.8 Å². The van der Waals surface area contributed by atoms with Gasteiger partial charge in [-0.05, 0) is 45.9 Å². The summed E-state index contributed by atoms with van der Waals surface area (Å²) in [6.45, 7) is 24.1. The summed E-state index contributed by atoms with van der Waals surface area (Å²) in [5.74, 6) is 0.225. The van der Waals surface area contributed by atoms with Crippen LogP contribution >= 0.6 is 0 Å². The standard InChI is InChI=1S/C32H46O4/c1-29(2,3)21-15-19(16-22(27(21)35)30(4,5)6)25(33)13-14-26(34)20-17-23(31(7,8)9)28(36)24(18-20)32(10,11)12/h15-18,35-36H,13-14H2,1-12H3. The van der Waals surface area contributed by atoms with Gasteiger partial charge in [0.05, 0.1) is 0 Å². The van der Waals surface area contributed by atoms with Crippen LogP contribution in [0.3, 0.4) is 0 Å². The molecule has 0 aromatic heterocycles. The Morgan fingerprint density at radius 3 is 0.861 bits per heavy atom. The molecule has 2 aromatic rings. The molecule has 0 amide bonds. The van der Waals surface area contributed by atoms with Crippen LogP contribution in [0.4, 0.5) is 0 Å². The maximum atomic E-state index is 13.3. The second-order valence-electron chi connectivity index (χ2n) is 14.2. The largest absolute Gasteiger partial charge is 0.507 e. The molecule has 2 rings (SSSR count). The van der Waals surface area contributed by atoms with Crippen molar-refractivity contribution in [1.29, 1.82) is 0 Å². The number of phenolic OH excluding ortho intramolecular Hbond substituents is 2. The van der Waals surface area contributed by atoms with Gasteiger partial charge in [-0.3, -0.25) is 9.59 Å². The molecule has 2 N–H and O–H groups in total. The molecule has 198 valence electrons. The summed E-state index contributed by atoms with van der Waals surface area (Å²) in [5.41, 5.74) is 2.60. The number of hydrogen-bond donors (Lipinski definition) is 2. The number of ketones is 2. The first-order chi connectivity index (χ1) is 16.0. The molecular weight excluding hydrogens is 448 g/mol. The summed E-state index contributed by atoms with van der Waals surface area (Å²) in [6.07, 6.45) is 0.153. The molecule has 4 nitrogen and oxygen atoms in total. The van der Waals surface area contributed by atoms with Crippen molar-refractivity contribution >= 4 is 11.6 Å².